The first-order chi connectivity index (χ1) is 10.9. The number of hydrogen-bond donors (Lipinski definition) is 1. The maximum absolute atomic E-state index is 4.52. The minimum Gasteiger partial charge on any atom is -0.314 e. The average molecular weight is 382 g/mol. The van der Waals surface area contributed by atoms with Crippen LogP contribution < -0.4 is 5.32 Å². The molecule has 0 radical (unpaired) electrons. The van der Waals surface area contributed by atoms with Gasteiger partial charge in [-0.05, 0) is 29.1 Å². The van der Waals surface area contributed by atoms with Crippen LogP contribution in [0, 0.1) is 0 Å². The quantitative estimate of drug-likeness (QED) is 0.738. The molecular weight excluding hydrogens is 361 g/mol. The van der Waals surface area contributed by atoms with Crippen molar-refractivity contribution in [3.8, 4) is 0 Å². The van der Waals surface area contributed by atoms with E-state index in [1.807, 2.05) is 17.5 Å². The van der Waals surface area contributed by atoms with Crippen LogP contribution in [0.2, 0.25) is 0 Å². The fourth-order valence-electron chi connectivity index (χ4n) is 3.27. The second-order valence-electron chi connectivity index (χ2n) is 5.62. The maximum atomic E-state index is 4.52. The fraction of sp³-hybridized carbons (Fsp3) is 0.278. The van der Waals surface area contributed by atoms with E-state index in [2.05, 4.69) is 63.0 Å². The first kappa shape index (κ1) is 19.2. The number of aromatic nitrogens is 1. The van der Waals surface area contributed by atoms with Crippen LogP contribution in [0.25, 0.3) is 10.9 Å². The predicted molar refractivity (Wildman–Crippen MR) is 107 cm³/mol. The summed E-state index contributed by atoms with van der Waals surface area (Å²) in [6.07, 6.45) is 1.94. The molecular formula is C18H21Cl2N3S. The summed E-state index contributed by atoms with van der Waals surface area (Å²) in [5.74, 6) is 0. The average Bonchev–Trinajstić information content (AvgIpc) is 3.11. The van der Waals surface area contributed by atoms with E-state index in [0.29, 0.717) is 6.04 Å². The summed E-state index contributed by atoms with van der Waals surface area (Å²) in [5.41, 5.74) is 2.45. The minimum absolute atomic E-state index is 0. The third-order valence-electron chi connectivity index (χ3n) is 4.31. The Labute approximate surface area is 158 Å². The molecule has 3 nitrogen and oxygen atoms in total. The van der Waals surface area contributed by atoms with Crippen molar-refractivity contribution < 1.29 is 0 Å². The molecule has 0 unspecified atom stereocenters. The first-order valence-electron chi connectivity index (χ1n) is 7.75. The number of hydrogen-bond acceptors (Lipinski definition) is 4. The normalized spacial score (nSPS) is 16.2. The summed E-state index contributed by atoms with van der Waals surface area (Å²) in [7, 11) is 0. The van der Waals surface area contributed by atoms with Gasteiger partial charge in [-0.2, -0.15) is 0 Å². The van der Waals surface area contributed by atoms with E-state index in [0.717, 1.165) is 31.7 Å². The third-order valence-corrected chi connectivity index (χ3v) is 5.23. The summed E-state index contributed by atoms with van der Waals surface area (Å²) in [6.45, 7) is 4.29. The van der Waals surface area contributed by atoms with Gasteiger partial charge in [0, 0.05) is 42.6 Å². The van der Waals surface area contributed by atoms with Crippen molar-refractivity contribution in [3.05, 3.63) is 64.5 Å². The molecule has 0 saturated carbocycles. The van der Waals surface area contributed by atoms with Gasteiger partial charge in [0.05, 0.1) is 11.6 Å². The van der Waals surface area contributed by atoms with Crippen LogP contribution in [-0.2, 0) is 0 Å². The molecule has 3 aromatic rings. The molecule has 1 atom stereocenters. The molecule has 3 heterocycles. The summed E-state index contributed by atoms with van der Waals surface area (Å²) in [6, 6.07) is 15.4. The molecule has 0 amide bonds. The van der Waals surface area contributed by atoms with Crippen molar-refractivity contribution in [2.75, 3.05) is 26.2 Å². The standard InChI is InChI=1S/C18H19N3S.2ClH/c1-2-5-16-14(4-1)15(7-8-20-16)18(17-6-3-13-22-17)21-11-9-19-10-12-21;;/h1-8,13,18-19H,9-12H2;2*1H/t18-;;/m0../s1. The highest BCUT2D eigenvalue weighted by Crippen LogP contribution is 2.35. The summed E-state index contributed by atoms with van der Waals surface area (Å²) in [5, 5.41) is 6.89. The molecule has 1 N–H and O–H groups in total. The monoisotopic (exact) mass is 381 g/mol. The summed E-state index contributed by atoms with van der Waals surface area (Å²) >= 11 is 1.85. The second-order valence-corrected chi connectivity index (χ2v) is 6.60. The molecule has 4 rings (SSSR count). The Kier molecular flexibility index (Phi) is 7.02. The van der Waals surface area contributed by atoms with Crippen LogP contribution in [-0.4, -0.2) is 36.1 Å². The molecule has 6 heteroatoms. The lowest BCUT2D eigenvalue weighted by Crippen LogP contribution is -2.45. The van der Waals surface area contributed by atoms with Gasteiger partial charge in [-0.3, -0.25) is 9.88 Å². The molecule has 0 aliphatic carbocycles. The highest BCUT2D eigenvalue weighted by atomic mass is 35.5. The molecule has 1 fully saturated rings. The van der Waals surface area contributed by atoms with Gasteiger partial charge in [-0.15, -0.1) is 36.2 Å². The van der Waals surface area contributed by atoms with Gasteiger partial charge in [-0.25, -0.2) is 0 Å². The van der Waals surface area contributed by atoms with Crippen molar-refractivity contribution in [2.24, 2.45) is 0 Å². The Morgan fingerprint density at radius 1 is 1.00 bits per heavy atom. The molecule has 2 aromatic heterocycles. The van der Waals surface area contributed by atoms with Gasteiger partial charge in [-0.1, -0.05) is 24.3 Å². The van der Waals surface area contributed by atoms with Crippen molar-refractivity contribution in [1.29, 1.82) is 0 Å². The highest BCUT2D eigenvalue weighted by molar-refractivity contribution is 7.10. The third kappa shape index (κ3) is 3.73. The van der Waals surface area contributed by atoms with E-state index in [1.54, 1.807) is 0 Å². The van der Waals surface area contributed by atoms with E-state index in [-0.39, 0.29) is 24.8 Å². The Morgan fingerprint density at radius 2 is 1.79 bits per heavy atom. The van der Waals surface area contributed by atoms with Crippen LogP contribution >= 0.6 is 36.2 Å². The number of thiophene rings is 1. The zero-order chi connectivity index (χ0) is 14.8. The van der Waals surface area contributed by atoms with E-state index in [9.17, 15) is 0 Å². The van der Waals surface area contributed by atoms with Crippen molar-refractivity contribution in [1.82, 2.24) is 15.2 Å². The van der Waals surface area contributed by atoms with Gasteiger partial charge in [0.2, 0.25) is 0 Å². The van der Waals surface area contributed by atoms with E-state index in [4.69, 9.17) is 0 Å². The molecule has 0 spiro atoms. The summed E-state index contributed by atoms with van der Waals surface area (Å²) in [4.78, 5) is 8.53. The van der Waals surface area contributed by atoms with Gasteiger partial charge in [0.1, 0.15) is 0 Å². The molecule has 128 valence electrons. The van der Waals surface area contributed by atoms with E-state index >= 15 is 0 Å². The predicted octanol–water partition coefficient (Wildman–Crippen LogP) is 4.13. The number of nitrogens with one attached hydrogen (secondary N) is 1. The van der Waals surface area contributed by atoms with E-state index < -0.39 is 0 Å². The molecule has 1 aliphatic rings. The maximum Gasteiger partial charge on any atom is 0.0705 e. The molecule has 1 saturated heterocycles. The number of piperazine rings is 1. The van der Waals surface area contributed by atoms with Gasteiger partial charge < -0.3 is 5.32 Å². The van der Waals surface area contributed by atoms with Crippen LogP contribution in [0.15, 0.2) is 54.0 Å². The SMILES string of the molecule is Cl.Cl.c1csc([C@H](c2ccnc3ccccc23)N2CCNCC2)c1. The molecule has 0 bridgehead atoms. The number of para-hydroxylation sites is 1. The van der Waals surface area contributed by atoms with Crippen LogP contribution in [0.5, 0.6) is 0 Å². The minimum atomic E-state index is 0. The van der Waals surface area contributed by atoms with Crippen molar-refractivity contribution in [3.63, 3.8) is 0 Å². The number of nitrogens with zero attached hydrogens (tertiary/aromatic N) is 2. The second kappa shape index (κ2) is 8.79. The van der Waals surface area contributed by atoms with Crippen LogP contribution in [0.1, 0.15) is 16.5 Å². The Bertz CT molecular complexity index is 753. The van der Waals surface area contributed by atoms with Gasteiger partial charge >= 0.3 is 0 Å². The molecule has 1 aliphatic heterocycles. The largest absolute Gasteiger partial charge is 0.314 e. The van der Waals surface area contributed by atoms with Crippen LogP contribution in [0.4, 0.5) is 0 Å². The lowest BCUT2D eigenvalue weighted by Gasteiger charge is -2.35. The lowest BCUT2D eigenvalue weighted by atomic mass is 9.99. The first-order valence-corrected chi connectivity index (χ1v) is 8.63. The Morgan fingerprint density at radius 3 is 2.54 bits per heavy atom. The Balaban J connectivity index is 0.00000104. The zero-order valence-corrected chi connectivity index (χ0v) is 15.7. The van der Waals surface area contributed by atoms with Gasteiger partial charge in [0.25, 0.3) is 0 Å². The number of rotatable bonds is 3. The number of halogens is 2. The number of benzene rings is 1. The zero-order valence-electron chi connectivity index (χ0n) is 13.2. The number of pyridine rings is 1. The highest BCUT2D eigenvalue weighted by Gasteiger charge is 2.26. The van der Waals surface area contributed by atoms with Gasteiger partial charge in [0.15, 0.2) is 0 Å². The van der Waals surface area contributed by atoms with Crippen molar-refractivity contribution in [2.45, 2.75) is 6.04 Å². The van der Waals surface area contributed by atoms with E-state index in [1.165, 1.54) is 15.8 Å². The summed E-state index contributed by atoms with van der Waals surface area (Å²) < 4.78 is 0. The van der Waals surface area contributed by atoms with Crippen molar-refractivity contribution >= 4 is 47.1 Å². The fourth-order valence-corrected chi connectivity index (χ4v) is 4.15. The molecule has 24 heavy (non-hydrogen) atoms. The topological polar surface area (TPSA) is 28.2 Å². The lowest BCUT2D eigenvalue weighted by molar-refractivity contribution is 0.201. The van der Waals surface area contributed by atoms with Crippen LogP contribution in [0.3, 0.4) is 0 Å². The number of fused-ring (bicyclic) bond motifs is 1. The molecule has 1 aromatic carbocycles. The Hall–Kier alpha value is -1.17. The smallest absolute Gasteiger partial charge is 0.0705 e.